The minimum absolute atomic E-state index is 0.0324. The molecule has 1 aromatic heterocycles. The zero-order chi connectivity index (χ0) is 16.8. The van der Waals surface area contributed by atoms with Crippen LogP contribution in [0.3, 0.4) is 0 Å². The molecule has 0 radical (unpaired) electrons. The van der Waals surface area contributed by atoms with Crippen LogP contribution < -0.4 is 5.32 Å². The molecule has 23 heavy (non-hydrogen) atoms. The number of aromatic nitrogens is 2. The summed E-state index contributed by atoms with van der Waals surface area (Å²) in [5, 5.41) is 17.5. The van der Waals surface area contributed by atoms with Crippen LogP contribution in [0.15, 0.2) is 36.7 Å². The number of nitrogens with one attached hydrogen (secondary N) is 1. The van der Waals surface area contributed by atoms with E-state index in [1.165, 1.54) is 22.6 Å². The number of nitrogens with zero attached hydrogens (tertiary/aromatic N) is 3. The minimum atomic E-state index is -0.506. The van der Waals surface area contributed by atoms with E-state index in [0.717, 1.165) is 12.0 Å². The van der Waals surface area contributed by atoms with Crippen molar-refractivity contribution < 1.29 is 9.72 Å². The maximum atomic E-state index is 12.1. The highest BCUT2D eigenvalue weighted by Crippen LogP contribution is 2.17. The highest BCUT2D eigenvalue weighted by Gasteiger charge is 2.14. The number of benzene rings is 1. The summed E-state index contributed by atoms with van der Waals surface area (Å²) in [7, 11) is 0. The lowest BCUT2D eigenvalue weighted by atomic mass is 10.0. The summed E-state index contributed by atoms with van der Waals surface area (Å²) in [6.07, 6.45) is 3.52. The molecule has 0 fully saturated rings. The smallest absolute Gasteiger partial charge is 0.306 e. The normalized spacial score (nSPS) is 11.9. The number of hydrogen-bond donors (Lipinski definition) is 1. The Morgan fingerprint density at radius 3 is 2.65 bits per heavy atom. The van der Waals surface area contributed by atoms with Gasteiger partial charge in [0.15, 0.2) is 0 Å². The molecule has 0 aliphatic carbocycles. The summed E-state index contributed by atoms with van der Waals surface area (Å²) in [6.45, 7) is 4.35. The molecule has 0 saturated heterocycles. The first-order valence-electron chi connectivity index (χ1n) is 7.52. The van der Waals surface area contributed by atoms with Crippen LogP contribution in [0.1, 0.15) is 36.9 Å². The quantitative estimate of drug-likeness (QED) is 0.628. The molecule has 1 heterocycles. The molecule has 0 bridgehead atoms. The summed E-state index contributed by atoms with van der Waals surface area (Å²) in [4.78, 5) is 22.2. The Kier molecular flexibility index (Phi) is 5.46. The summed E-state index contributed by atoms with van der Waals surface area (Å²) in [6, 6.07) is 8.04. The van der Waals surface area contributed by atoms with Crippen molar-refractivity contribution in [1.29, 1.82) is 0 Å². The van der Waals surface area contributed by atoms with E-state index in [2.05, 4.69) is 10.4 Å². The first-order valence-corrected chi connectivity index (χ1v) is 7.52. The molecule has 7 heteroatoms. The lowest BCUT2D eigenvalue weighted by Gasteiger charge is -2.17. The van der Waals surface area contributed by atoms with Gasteiger partial charge in [0, 0.05) is 13.0 Å². The van der Waals surface area contributed by atoms with Gasteiger partial charge in [0.05, 0.1) is 11.0 Å². The van der Waals surface area contributed by atoms with Crippen LogP contribution in [0.4, 0.5) is 5.69 Å². The second-order valence-electron chi connectivity index (χ2n) is 5.41. The van der Waals surface area contributed by atoms with Crippen LogP contribution in [0.2, 0.25) is 0 Å². The summed E-state index contributed by atoms with van der Waals surface area (Å²) >= 11 is 0. The van der Waals surface area contributed by atoms with Crippen molar-refractivity contribution in [2.45, 2.75) is 39.3 Å². The van der Waals surface area contributed by atoms with Crippen LogP contribution in [0.25, 0.3) is 0 Å². The predicted molar refractivity (Wildman–Crippen MR) is 85.9 cm³/mol. The SMILES string of the molecule is CCC(NC(=O)CCn1cc([N+](=O)[O-])cn1)c1ccc(C)cc1. The monoisotopic (exact) mass is 316 g/mol. The minimum Gasteiger partial charge on any atom is -0.349 e. The molecule has 0 saturated carbocycles. The van der Waals surface area contributed by atoms with Gasteiger partial charge in [-0.15, -0.1) is 0 Å². The van der Waals surface area contributed by atoms with E-state index < -0.39 is 4.92 Å². The number of nitro groups is 1. The van der Waals surface area contributed by atoms with E-state index in [1.54, 1.807) is 0 Å². The molecule has 122 valence electrons. The first kappa shape index (κ1) is 16.7. The highest BCUT2D eigenvalue weighted by atomic mass is 16.6. The average molecular weight is 316 g/mol. The largest absolute Gasteiger partial charge is 0.349 e. The Hall–Kier alpha value is -2.70. The molecule has 1 amide bonds. The molecule has 7 nitrogen and oxygen atoms in total. The number of carbonyl (C=O) groups is 1. The summed E-state index contributed by atoms with van der Waals surface area (Å²) in [5.74, 6) is -0.101. The van der Waals surface area contributed by atoms with Crippen LogP contribution >= 0.6 is 0 Å². The van der Waals surface area contributed by atoms with Gasteiger partial charge >= 0.3 is 5.69 Å². The van der Waals surface area contributed by atoms with Crippen molar-refractivity contribution in [2.24, 2.45) is 0 Å². The number of amides is 1. The van der Waals surface area contributed by atoms with Gasteiger partial charge in [0.2, 0.25) is 5.91 Å². The average Bonchev–Trinajstić information content (AvgIpc) is 3.01. The zero-order valence-corrected chi connectivity index (χ0v) is 13.2. The van der Waals surface area contributed by atoms with E-state index >= 15 is 0 Å². The van der Waals surface area contributed by atoms with Crippen molar-refractivity contribution >= 4 is 11.6 Å². The van der Waals surface area contributed by atoms with E-state index in [9.17, 15) is 14.9 Å². The van der Waals surface area contributed by atoms with Crippen LogP contribution in [0.5, 0.6) is 0 Å². The molecule has 1 aromatic carbocycles. The molecule has 0 aliphatic heterocycles. The lowest BCUT2D eigenvalue weighted by Crippen LogP contribution is -2.28. The molecule has 0 aliphatic rings. The van der Waals surface area contributed by atoms with Crippen LogP contribution in [-0.4, -0.2) is 20.6 Å². The van der Waals surface area contributed by atoms with Gasteiger partial charge in [-0.2, -0.15) is 5.10 Å². The topological polar surface area (TPSA) is 90.1 Å². The summed E-state index contributed by atoms with van der Waals surface area (Å²) in [5.41, 5.74) is 2.17. The molecular formula is C16H20N4O3. The number of aryl methyl sites for hydroxylation is 2. The van der Waals surface area contributed by atoms with Crippen molar-refractivity contribution in [3.63, 3.8) is 0 Å². The van der Waals surface area contributed by atoms with Gasteiger partial charge in [-0.25, -0.2) is 0 Å². The first-order chi connectivity index (χ1) is 11.0. The van der Waals surface area contributed by atoms with E-state index in [0.29, 0.717) is 6.54 Å². The Morgan fingerprint density at radius 2 is 2.09 bits per heavy atom. The lowest BCUT2D eigenvalue weighted by molar-refractivity contribution is -0.385. The third-order valence-electron chi connectivity index (χ3n) is 3.62. The Morgan fingerprint density at radius 1 is 1.39 bits per heavy atom. The van der Waals surface area contributed by atoms with Gasteiger partial charge in [-0.3, -0.25) is 19.6 Å². The Labute approximate surface area is 134 Å². The highest BCUT2D eigenvalue weighted by molar-refractivity contribution is 5.76. The van der Waals surface area contributed by atoms with Gasteiger partial charge in [-0.1, -0.05) is 36.8 Å². The number of hydrogen-bond acceptors (Lipinski definition) is 4. The maximum Gasteiger partial charge on any atom is 0.306 e. The van der Waals surface area contributed by atoms with Crippen molar-refractivity contribution in [2.75, 3.05) is 0 Å². The fourth-order valence-electron chi connectivity index (χ4n) is 2.27. The van der Waals surface area contributed by atoms with Gasteiger partial charge in [0.25, 0.3) is 0 Å². The van der Waals surface area contributed by atoms with Crippen LogP contribution in [0, 0.1) is 17.0 Å². The Bertz CT molecular complexity index is 679. The molecule has 2 aromatic rings. The number of rotatable bonds is 7. The second kappa shape index (κ2) is 7.53. The van der Waals surface area contributed by atoms with E-state index in [-0.39, 0.29) is 24.1 Å². The van der Waals surface area contributed by atoms with E-state index in [4.69, 9.17) is 0 Å². The fraction of sp³-hybridized carbons (Fsp3) is 0.375. The standard InChI is InChI=1S/C16H20N4O3/c1-3-15(13-6-4-12(2)5-7-13)18-16(21)8-9-19-11-14(10-17-19)20(22)23/h4-7,10-11,15H,3,8-9H2,1-2H3,(H,18,21). The second-order valence-corrected chi connectivity index (χ2v) is 5.41. The predicted octanol–water partition coefficient (Wildman–Crippen LogP) is 2.76. The van der Waals surface area contributed by atoms with Crippen molar-refractivity contribution in [3.05, 3.63) is 57.9 Å². The third-order valence-corrected chi connectivity index (χ3v) is 3.62. The zero-order valence-electron chi connectivity index (χ0n) is 13.2. The third kappa shape index (κ3) is 4.64. The molecule has 1 N–H and O–H groups in total. The van der Waals surface area contributed by atoms with Crippen molar-refractivity contribution in [3.8, 4) is 0 Å². The number of carbonyl (C=O) groups excluding carboxylic acids is 1. The Balaban J connectivity index is 1.89. The molecule has 2 rings (SSSR count). The van der Waals surface area contributed by atoms with Crippen LogP contribution in [-0.2, 0) is 11.3 Å². The summed E-state index contributed by atoms with van der Waals surface area (Å²) < 4.78 is 1.41. The fourth-order valence-corrected chi connectivity index (χ4v) is 2.27. The van der Waals surface area contributed by atoms with Gasteiger partial charge < -0.3 is 5.32 Å². The van der Waals surface area contributed by atoms with Crippen molar-refractivity contribution in [1.82, 2.24) is 15.1 Å². The molecule has 0 spiro atoms. The molecule has 1 atom stereocenters. The van der Waals surface area contributed by atoms with Gasteiger partial charge in [0.1, 0.15) is 12.4 Å². The van der Waals surface area contributed by atoms with E-state index in [1.807, 2.05) is 38.1 Å². The molecule has 1 unspecified atom stereocenters. The van der Waals surface area contributed by atoms with Gasteiger partial charge in [-0.05, 0) is 18.9 Å². The molecular weight excluding hydrogens is 296 g/mol. The maximum absolute atomic E-state index is 12.1.